The third-order valence-corrected chi connectivity index (χ3v) is 6.03. The molecule has 0 unspecified atom stereocenters. The Hall–Kier alpha value is -5.14. The van der Waals surface area contributed by atoms with Gasteiger partial charge in [0.2, 0.25) is 0 Å². The van der Waals surface area contributed by atoms with Gasteiger partial charge >= 0.3 is 11.9 Å². The molecule has 40 heavy (non-hydrogen) atoms. The van der Waals surface area contributed by atoms with Crippen LogP contribution in [-0.4, -0.2) is 40.2 Å². The summed E-state index contributed by atoms with van der Waals surface area (Å²) in [6.07, 6.45) is 5.18. The summed E-state index contributed by atoms with van der Waals surface area (Å²) in [6.45, 7) is -0.205. The summed E-state index contributed by atoms with van der Waals surface area (Å²) in [5, 5.41) is 26.9. The zero-order valence-electron chi connectivity index (χ0n) is 21.5. The van der Waals surface area contributed by atoms with Crippen molar-refractivity contribution in [2.75, 3.05) is 6.61 Å². The number of hydrogen-bond donors (Lipinski definition) is 3. The minimum Gasteiger partial charge on any atom is -0.478 e. The smallest absolute Gasteiger partial charge is 0.328 e. The molecule has 0 saturated carbocycles. The van der Waals surface area contributed by atoms with Crippen LogP contribution in [0.4, 0.5) is 0 Å². The Kier molecular flexibility index (Phi) is 9.48. The number of fused-ring (bicyclic) bond motifs is 3. The van der Waals surface area contributed by atoms with E-state index in [2.05, 4.69) is 0 Å². The Morgan fingerprint density at radius 3 is 1.82 bits per heavy atom. The molecular weight excluding hydrogens is 508 g/mol. The number of carboxylic acids is 2. The molecule has 5 rings (SSSR count). The fourth-order valence-electron chi connectivity index (χ4n) is 4.31. The molecule has 0 spiro atoms. The lowest BCUT2D eigenvalue weighted by molar-refractivity contribution is -0.132. The lowest BCUT2D eigenvalue weighted by atomic mass is 9.95. The molecule has 0 amide bonds. The summed E-state index contributed by atoms with van der Waals surface area (Å²) >= 11 is 0. The molecule has 202 valence electrons. The molecule has 0 bridgehead atoms. The Bertz CT molecular complexity index is 1470. The molecule has 7 nitrogen and oxygen atoms in total. The van der Waals surface area contributed by atoms with Gasteiger partial charge in [-0.25, -0.2) is 9.59 Å². The second-order valence-electron chi connectivity index (χ2n) is 8.75. The fraction of sp³-hybridized carbons (Fsp3) is 0.0909. The summed E-state index contributed by atoms with van der Waals surface area (Å²) in [4.78, 5) is 21.6. The quantitative estimate of drug-likeness (QED) is 0.158. The zero-order chi connectivity index (χ0) is 28.3. The van der Waals surface area contributed by atoms with E-state index in [0.29, 0.717) is 23.5 Å². The molecule has 1 aliphatic rings. The second kappa shape index (κ2) is 13.6. The van der Waals surface area contributed by atoms with E-state index in [1.165, 1.54) is 17.7 Å². The minimum absolute atomic E-state index is 0.205. The van der Waals surface area contributed by atoms with Gasteiger partial charge in [-0.1, -0.05) is 72.8 Å². The molecule has 3 N–H and O–H groups in total. The van der Waals surface area contributed by atoms with Crippen molar-refractivity contribution in [1.82, 2.24) is 0 Å². The molecule has 0 saturated heterocycles. The van der Waals surface area contributed by atoms with Crippen molar-refractivity contribution in [3.63, 3.8) is 0 Å². The number of hydrogen-bond acceptors (Lipinski definition) is 5. The van der Waals surface area contributed by atoms with Gasteiger partial charge in [0.1, 0.15) is 18.1 Å². The average molecular weight is 537 g/mol. The van der Waals surface area contributed by atoms with E-state index in [9.17, 15) is 14.7 Å². The van der Waals surface area contributed by atoms with E-state index >= 15 is 0 Å². The number of aliphatic hydroxyl groups excluding tert-OH is 1. The predicted molar refractivity (Wildman–Crippen MR) is 153 cm³/mol. The molecule has 0 aliphatic heterocycles. The first kappa shape index (κ1) is 27.9. The molecule has 0 aromatic heterocycles. The highest BCUT2D eigenvalue weighted by molar-refractivity contribution is 5.92. The van der Waals surface area contributed by atoms with Crippen LogP contribution in [-0.2, 0) is 16.0 Å². The average Bonchev–Trinajstić information content (AvgIpc) is 3.35. The second-order valence-corrected chi connectivity index (χ2v) is 8.75. The van der Waals surface area contributed by atoms with Crippen LogP contribution in [0, 0.1) is 0 Å². The zero-order valence-corrected chi connectivity index (χ0v) is 21.5. The Morgan fingerprint density at radius 2 is 1.25 bits per heavy atom. The van der Waals surface area contributed by atoms with Gasteiger partial charge < -0.3 is 24.8 Å². The Balaban J connectivity index is 0.000000194. The number of para-hydroxylation sites is 2. The predicted octanol–water partition coefficient (Wildman–Crippen LogP) is 5.92. The van der Waals surface area contributed by atoms with Crippen molar-refractivity contribution < 1.29 is 34.4 Å². The topological polar surface area (TPSA) is 113 Å². The lowest BCUT2D eigenvalue weighted by Crippen LogP contribution is -2.27. The number of aliphatic hydroxyl groups is 1. The third kappa shape index (κ3) is 7.46. The van der Waals surface area contributed by atoms with Crippen LogP contribution in [0.3, 0.4) is 0 Å². The molecule has 0 radical (unpaired) electrons. The summed E-state index contributed by atoms with van der Waals surface area (Å²) < 4.78 is 11.0. The van der Waals surface area contributed by atoms with Crippen molar-refractivity contribution >= 4 is 24.1 Å². The van der Waals surface area contributed by atoms with Crippen LogP contribution < -0.4 is 9.47 Å². The lowest BCUT2D eigenvalue weighted by Gasteiger charge is -2.18. The van der Waals surface area contributed by atoms with Crippen molar-refractivity contribution in [3.8, 4) is 22.6 Å². The van der Waals surface area contributed by atoms with Crippen LogP contribution in [0.5, 0.6) is 11.5 Å². The molecule has 4 aromatic carbocycles. The fourth-order valence-corrected chi connectivity index (χ4v) is 4.31. The molecule has 7 heteroatoms. The molecule has 0 heterocycles. The highest BCUT2D eigenvalue weighted by Crippen LogP contribution is 2.40. The SMILES string of the molecule is O=C(O)C=Cc1ccc2c(c1C=CC(=O)O)Cc1ccccc1-2.OCC(Oc1ccccc1)Oc1ccccc1. The van der Waals surface area contributed by atoms with Crippen LogP contribution in [0.1, 0.15) is 22.3 Å². The Labute approximate surface area is 231 Å². The van der Waals surface area contributed by atoms with Gasteiger partial charge in [0.05, 0.1) is 0 Å². The van der Waals surface area contributed by atoms with Crippen molar-refractivity contribution in [1.29, 1.82) is 0 Å². The molecule has 1 aliphatic carbocycles. The number of benzene rings is 4. The summed E-state index contributed by atoms with van der Waals surface area (Å²) in [6, 6.07) is 30.4. The highest BCUT2D eigenvalue weighted by Gasteiger charge is 2.21. The Morgan fingerprint density at radius 1 is 0.700 bits per heavy atom. The largest absolute Gasteiger partial charge is 0.478 e. The van der Waals surface area contributed by atoms with Gasteiger partial charge in [0, 0.05) is 12.2 Å². The molecule has 4 aromatic rings. The van der Waals surface area contributed by atoms with Crippen LogP contribution >= 0.6 is 0 Å². The first-order chi connectivity index (χ1) is 19.4. The highest BCUT2D eigenvalue weighted by atomic mass is 16.7. The van der Waals surface area contributed by atoms with Gasteiger partial charge in [-0.05, 0) is 76.2 Å². The standard InChI is InChI=1S/C19H14O4.C14H14O3/c20-18(21)9-6-12-5-7-16-14-4-2-1-3-13(14)11-17(16)15(12)8-10-19(22)23;15-11-14(16-12-7-3-1-4-8-12)17-13-9-5-2-6-10-13/h1-10H,11H2,(H,20,21)(H,22,23);1-10,14-15H,11H2. The summed E-state index contributed by atoms with van der Waals surface area (Å²) in [5.74, 6) is -0.738. The van der Waals surface area contributed by atoms with Crippen LogP contribution in [0.2, 0.25) is 0 Å². The normalized spacial score (nSPS) is 11.6. The van der Waals surface area contributed by atoms with E-state index in [1.54, 1.807) is 0 Å². The number of ether oxygens (including phenoxy) is 2. The number of aliphatic carboxylic acids is 2. The third-order valence-electron chi connectivity index (χ3n) is 6.03. The van der Waals surface area contributed by atoms with E-state index in [4.69, 9.17) is 19.7 Å². The van der Waals surface area contributed by atoms with Crippen molar-refractivity contribution in [2.24, 2.45) is 0 Å². The monoisotopic (exact) mass is 536 g/mol. The van der Waals surface area contributed by atoms with Gasteiger partial charge in [0.15, 0.2) is 0 Å². The van der Waals surface area contributed by atoms with Crippen LogP contribution in [0.15, 0.2) is 109 Å². The van der Waals surface area contributed by atoms with Crippen molar-refractivity contribution in [3.05, 3.63) is 131 Å². The maximum Gasteiger partial charge on any atom is 0.328 e. The van der Waals surface area contributed by atoms with Gasteiger partial charge in [0.25, 0.3) is 6.29 Å². The number of carbonyl (C=O) groups is 2. The number of carboxylic acid groups (broad SMARTS) is 2. The van der Waals surface area contributed by atoms with E-state index in [1.807, 2.05) is 97.1 Å². The van der Waals surface area contributed by atoms with E-state index in [0.717, 1.165) is 34.4 Å². The van der Waals surface area contributed by atoms with Crippen molar-refractivity contribution in [2.45, 2.75) is 12.7 Å². The minimum atomic E-state index is -1.04. The first-order valence-corrected chi connectivity index (χ1v) is 12.5. The maximum absolute atomic E-state index is 10.9. The molecule has 0 fully saturated rings. The van der Waals surface area contributed by atoms with E-state index in [-0.39, 0.29) is 6.61 Å². The van der Waals surface area contributed by atoms with Gasteiger partial charge in [-0.15, -0.1) is 0 Å². The molecule has 0 atom stereocenters. The van der Waals surface area contributed by atoms with E-state index < -0.39 is 18.2 Å². The molecular formula is C33H28O7. The summed E-state index contributed by atoms with van der Waals surface area (Å²) in [7, 11) is 0. The first-order valence-electron chi connectivity index (χ1n) is 12.5. The summed E-state index contributed by atoms with van der Waals surface area (Å²) in [5.41, 5.74) is 5.86. The van der Waals surface area contributed by atoms with Crippen LogP contribution in [0.25, 0.3) is 23.3 Å². The van der Waals surface area contributed by atoms with Gasteiger partial charge in [-0.2, -0.15) is 0 Å². The number of rotatable bonds is 9. The van der Waals surface area contributed by atoms with Gasteiger partial charge in [-0.3, -0.25) is 0 Å². The maximum atomic E-state index is 10.9.